The summed E-state index contributed by atoms with van der Waals surface area (Å²) in [6, 6.07) is 13.8. The molecule has 3 aromatic rings. The third-order valence-corrected chi connectivity index (χ3v) is 5.08. The maximum atomic E-state index is 12.2. The van der Waals surface area contributed by atoms with Crippen molar-refractivity contribution in [3.8, 4) is 0 Å². The van der Waals surface area contributed by atoms with Gasteiger partial charge in [-0.1, -0.05) is 59.6 Å². The predicted molar refractivity (Wildman–Crippen MR) is 92.9 cm³/mol. The minimum atomic E-state index is -0.614. The highest BCUT2D eigenvalue weighted by molar-refractivity contribution is 7.21. The van der Waals surface area contributed by atoms with Crippen LogP contribution in [0.25, 0.3) is 10.1 Å². The lowest BCUT2D eigenvalue weighted by atomic mass is 10.1. The van der Waals surface area contributed by atoms with E-state index < -0.39 is 5.97 Å². The molecule has 116 valence electrons. The second-order valence-electron chi connectivity index (χ2n) is 4.75. The van der Waals surface area contributed by atoms with Crippen LogP contribution in [0.5, 0.6) is 0 Å². The highest BCUT2D eigenvalue weighted by Gasteiger charge is 2.19. The number of benzene rings is 2. The molecule has 0 radical (unpaired) electrons. The first kappa shape index (κ1) is 16.0. The van der Waals surface area contributed by atoms with E-state index in [-0.39, 0.29) is 17.3 Å². The van der Waals surface area contributed by atoms with E-state index in [1.54, 1.807) is 42.5 Å². The van der Waals surface area contributed by atoms with Gasteiger partial charge in [0.1, 0.15) is 4.88 Å². The summed E-state index contributed by atoms with van der Waals surface area (Å²) < 4.78 is 5.88. The largest absolute Gasteiger partial charge is 0.453 e. The molecule has 0 N–H and O–H groups in total. The number of ether oxygens (including phenoxy) is 1. The van der Waals surface area contributed by atoms with Crippen molar-refractivity contribution in [3.05, 3.63) is 69.0 Å². The van der Waals surface area contributed by atoms with Gasteiger partial charge >= 0.3 is 5.97 Å². The summed E-state index contributed by atoms with van der Waals surface area (Å²) in [5.41, 5.74) is 0.495. The van der Waals surface area contributed by atoms with Crippen LogP contribution < -0.4 is 0 Å². The molecule has 0 atom stereocenters. The molecule has 23 heavy (non-hydrogen) atoms. The molecule has 3 nitrogen and oxygen atoms in total. The zero-order chi connectivity index (χ0) is 16.4. The molecule has 0 aliphatic carbocycles. The second kappa shape index (κ2) is 6.71. The van der Waals surface area contributed by atoms with Crippen LogP contribution in [-0.2, 0) is 4.74 Å². The van der Waals surface area contributed by atoms with Gasteiger partial charge in [-0.25, -0.2) is 4.79 Å². The third kappa shape index (κ3) is 3.39. The van der Waals surface area contributed by atoms with Crippen molar-refractivity contribution < 1.29 is 14.3 Å². The van der Waals surface area contributed by atoms with E-state index in [0.717, 1.165) is 10.1 Å². The SMILES string of the molecule is O=C(COC(=O)c1sc2cc(Cl)ccc2c1Cl)c1ccccc1. The number of carbonyl (C=O) groups excluding carboxylic acids is 2. The first-order chi connectivity index (χ1) is 11.1. The molecule has 0 amide bonds. The zero-order valence-electron chi connectivity index (χ0n) is 11.7. The molecule has 2 aromatic carbocycles. The summed E-state index contributed by atoms with van der Waals surface area (Å²) in [6.07, 6.45) is 0. The van der Waals surface area contributed by atoms with E-state index in [9.17, 15) is 9.59 Å². The van der Waals surface area contributed by atoms with Crippen molar-refractivity contribution in [1.82, 2.24) is 0 Å². The van der Waals surface area contributed by atoms with Crippen molar-refractivity contribution in [1.29, 1.82) is 0 Å². The van der Waals surface area contributed by atoms with Crippen molar-refractivity contribution in [2.75, 3.05) is 6.61 Å². The van der Waals surface area contributed by atoms with Gasteiger partial charge in [0.2, 0.25) is 0 Å². The maximum Gasteiger partial charge on any atom is 0.350 e. The standard InChI is InChI=1S/C17H10Cl2O3S/c18-11-6-7-12-14(8-11)23-16(15(12)19)17(21)22-9-13(20)10-4-2-1-3-5-10/h1-8H,9H2. The summed E-state index contributed by atoms with van der Waals surface area (Å²) >= 11 is 13.3. The molecule has 0 saturated carbocycles. The number of hydrogen-bond acceptors (Lipinski definition) is 4. The Bertz CT molecular complexity index is 887. The number of Topliss-reactive ketones (excluding diaryl/α,β-unsaturated/α-hetero) is 1. The first-order valence-corrected chi connectivity index (χ1v) is 8.26. The van der Waals surface area contributed by atoms with Crippen LogP contribution in [0.3, 0.4) is 0 Å². The van der Waals surface area contributed by atoms with Crippen LogP contribution in [0.1, 0.15) is 20.0 Å². The summed E-state index contributed by atoms with van der Waals surface area (Å²) in [5, 5.41) is 1.62. The van der Waals surface area contributed by atoms with Gasteiger partial charge in [0, 0.05) is 20.7 Å². The van der Waals surface area contributed by atoms with Crippen LogP contribution >= 0.6 is 34.5 Å². The van der Waals surface area contributed by atoms with Crippen LogP contribution in [0, 0.1) is 0 Å². The fraction of sp³-hybridized carbons (Fsp3) is 0.0588. The summed E-state index contributed by atoms with van der Waals surface area (Å²) in [4.78, 5) is 24.4. The van der Waals surface area contributed by atoms with Crippen LogP contribution in [0.15, 0.2) is 48.5 Å². The predicted octanol–water partition coefficient (Wildman–Crippen LogP) is 5.25. The van der Waals surface area contributed by atoms with Crippen LogP contribution in [-0.4, -0.2) is 18.4 Å². The van der Waals surface area contributed by atoms with Crippen LogP contribution in [0.4, 0.5) is 0 Å². The molecule has 0 saturated heterocycles. The topological polar surface area (TPSA) is 43.4 Å². The average molecular weight is 365 g/mol. The Morgan fingerprint density at radius 1 is 1.04 bits per heavy atom. The average Bonchev–Trinajstić information content (AvgIpc) is 2.89. The number of halogens is 2. The Kier molecular flexibility index (Phi) is 4.66. The number of carbonyl (C=O) groups is 2. The Hall–Kier alpha value is -1.88. The van der Waals surface area contributed by atoms with E-state index in [1.165, 1.54) is 11.3 Å². The molecule has 1 heterocycles. The monoisotopic (exact) mass is 364 g/mol. The Balaban J connectivity index is 1.76. The second-order valence-corrected chi connectivity index (χ2v) is 6.62. The Morgan fingerprint density at radius 3 is 2.52 bits per heavy atom. The molecule has 0 unspecified atom stereocenters. The minimum Gasteiger partial charge on any atom is -0.453 e. The molecule has 0 spiro atoms. The quantitative estimate of drug-likeness (QED) is 0.469. The zero-order valence-corrected chi connectivity index (χ0v) is 14.0. The van der Waals surface area contributed by atoms with Crippen molar-refractivity contribution >= 4 is 56.4 Å². The highest BCUT2D eigenvalue weighted by atomic mass is 35.5. The Morgan fingerprint density at radius 2 is 1.78 bits per heavy atom. The van der Waals surface area contributed by atoms with Gasteiger partial charge in [0.15, 0.2) is 12.4 Å². The number of hydrogen-bond donors (Lipinski definition) is 0. The van der Waals surface area contributed by atoms with Crippen molar-refractivity contribution in [2.24, 2.45) is 0 Å². The molecule has 0 bridgehead atoms. The lowest BCUT2D eigenvalue weighted by Gasteiger charge is -2.03. The van der Waals surface area contributed by atoms with Crippen molar-refractivity contribution in [2.45, 2.75) is 0 Å². The summed E-state index contributed by atoms with van der Waals surface area (Å²) in [5.74, 6) is -0.879. The van der Waals surface area contributed by atoms with E-state index in [2.05, 4.69) is 0 Å². The van der Waals surface area contributed by atoms with Gasteiger partial charge < -0.3 is 4.74 Å². The molecule has 1 aromatic heterocycles. The lowest BCUT2D eigenvalue weighted by Crippen LogP contribution is -2.13. The van der Waals surface area contributed by atoms with Crippen LogP contribution in [0.2, 0.25) is 10.0 Å². The number of ketones is 1. The van der Waals surface area contributed by atoms with Gasteiger partial charge in [0.05, 0.1) is 5.02 Å². The molecular formula is C17H10Cl2O3S. The fourth-order valence-electron chi connectivity index (χ4n) is 2.07. The van der Waals surface area contributed by atoms with Gasteiger partial charge in [-0.3, -0.25) is 4.79 Å². The maximum absolute atomic E-state index is 12.2. The van der Waals surface area contributed by atoms with Crippen molar-refractivity contribution in [3.63, 3.8) is 0 Å². The third-order valence-electron chi connectivity index (χ3n) is 3.21. The molecular weight excluding hydrogens is 355 g/mol. The van der Waals surface area contributed by atoms with E-state index in [4.69, 9.17) is 27.9 Å². The number of esters is 1. The summed E-state index contributed by atoms with van der Waals surface area (Å²) in [7, 11) is 0. The lowest BCUT2D eigenvalue weighted by molar-refractivity contribution is 0.0480. The van der Waals surface area contributed by atoms with E-state index >= 15 is 0 Å². The molecule has 6 heteroatoms. The molecule has 3 rings (SSSR count). The number of thiophene rings is 1. The van der Waals surface area contributed by atoms with Gasteiger partial charge in [-0.15, -0.1) is 11.3 Å². The van der Waals surface area contributed by atoms with E-state index in [0.29, 0.717) is 15.6 Å². The van der Waals surface area contributed by atoms with Gasteiger partial charge in [-0.2, -0.15) is 0 Å². The number of fused-ring (bicyclic) bond motifs is 1. The molecule has 0 fully saturated rings. The normalized spacial score (nSPS) is 10.7. The molecule has 0 aliphatic heterocycles. The summed E-state index contributed by atoms with van der Waals surface area (Å²) in [6.45, 7) is -0.325. The van der Waals surface area contributed by atoms with E-state index in [1.807, 2.05) is 6.07 Å². The van der Waals surface area contributed by atoms with Gasteiger partial charge in [-0.05, 0) is 12.1 Å². The number of rotatable bonds is 4. The fourth-order valence-corrected chi connectivity index (χ4v) is 3.75. The highest BCUT2D eigenvalue weighted by Crippen LogP contribution is 2.37. The first-order valence-electron chi connectivity index (χ1n) is 6.69. The smallest absolute Gasteiger partial charge is 0.350 e. The Labute approximate surface area is 146 Å². The van der Waals surface area contributed by atoms with Gasteiger partial charge in [0.25, 0.3) is 0 Å². The minimum absolute atomic E-state index is 0.265. The molecule has 0 aliphatic rings.